The number of fused-ring (bicyclic) bond motifs is 1. The molecule has 6 nitrogen and oxygen atoms in total. The van der Waals surface area contributed by atoms with Gasteiger partial charge in [0.2, 0.25) is 0 Å². The molecule has 1 amide bonds. The van der Waals surface area contributed by atoms with Crippen molar-refractivity contribution in [1.82, 2.24) is 14.9 Å². The van der Waals surface area contributed by atoms with Crippen LogP contribution in [0.15, 0.2) is 66.7 Å². The van der Waals surface area contributed by atoms with Crippen molar-refractivity contribution in [1.29, 1.82) is 0 Å². The summed E-state index contributed by atoms with van der Waals surface area (Å²) in [7, 11) is 1.66. The van der Waals surface area contributed by atoms with Crippen molar-refractivity contribution in [3.63, 3.8) is 0 Å². The van der Waals surface area contributed by atoms with Crippen LogP contribution >= 0.6 is 0 Å². The number of methoxy groups -OCH3 is 1. The maximum absolute atomic E-state index is 12.5. The topological polar surface area (TPSA) is 65.4 Å². The molecular weight excluding hydrogens is 462 g/mol. The van der Waals surface area contributed by atoms with Crippen molar-refractivity contribution in [2.75, 3.05) is 20.3 Å². The van der Waals surface area contributed by atoms with Crippen LogP contribution < -0.4 is 14.8 Å². The molecule has 3 aromatic carbocycles. The van der Waals surface area contributed by atoms with Crippen molar-refractivity contribution in [3.05, 3.63) is 89.2 Å². The molecule has 0 aliphatic heterocycles. The third-order valence-corrected chi connectivity index (χ3v) is 6.58. The number of carbonyl (C=O) groups is 1. The predicted molar refractivity (Wildman–Crippen MR) is 149 cm³/mol. The lowest BCUT2D eigenvalue weighted by molar-refractivity contribution is 0.0952. The van der Waals surface area contributed by atoms with Gasteiger partial charge in [-0.05, 0) is 69.0 Å². The Kier molecular flexibility index (Phi) is 9.19. The fraction of sp³-hybridized carbons (Fsp3) is 0.355. The summed E-state index contributed by atoms with van der Waals surface area (Å²) in [6.07, 6.45) is 4.79. The largest absolute Gasteiger partial charge is 0.493 e. The first-order valence-electron chi connectivity index (χ1n) is 13.1. The van der Waals surface area contributed by atoms with Gasteiger partial charge in [-0.1, -0.05) is 48.4 Å². The quantitative estimate of drug-likeness (QED) is 0.220. The van der Waals surface area contributed by atoms with Crippen molar-refractivity contribution in [3.8, 4) is 11.5 Å². The molecule has 0 bridgehead atoms. The highest BCUT2D eigenvalue weighted by Crippen LogP contribution is 2.26. The SMILES string of the molecule is COc1ccccc1OCCCn1c(CCCCCNC(=O)c2ccc(C)cc2C)nc2ccccc21. The summed E-state index contributed by atoms with van der Waals surface area (Å²) in [5, 5.41) is 3.06. The van der Waals surface area contributed by atoms with Gasteiger partial charge in [-0.2, -0.15) is 0 Å². The molecule has 0 atom stereocenters. The number of hydrogen-bond acceptors (Lipinski definition) is 4. The summed E-state index contributed by atoms with van der Waals surface area (Å²) in [4.78, 5) is 17.4. The Morgan fingerprint density at radius 2 is 1.70 bits per heavy atom. The fourth-order valence-corrected chi connectivity index (χ4v) is 4.66. The molecule has 194 valence electrons. The summed E-state index contributed by atoms with van der Waals surface area (Å²) in [6, 6.07) is 22.0. The van der Waals surface area contributed by atoms with Gasteiger partial charge in [0.15, 0.2) is 11.5 Å². The molecule has 1 aromatic heterocycles. The van der Waals surface area contributed by atoms with Crippen molar-refractivity contribution < 1.29 is 14.3 Å². The molecule has 0 spiro atoms. The normalized spacial score (nSPS) is 11.0. The Labute approximate surface area is 219 Å². The lowest BCUT2D eigenvalue weighted by Crippen LogP contribution is -2.25. The van der Waals surface area contributed by atoms with Crippen LogP contribution in [0.5, 0.6) is 11.5 Å². The first kappa shape index (κ1) is 26.3. The minimum Gasteiger partial charge on any atom is -0.493 e. The monoisotopic (exact) mass is 499 g/mol. The van der Waals surface area contributed by atoms with Gasteiger partial charge in [-0.15, -0.1) is 0 Å². The second-order valence-electron chi connectivity index (χ2n) is 9.41. The molecule has 1 N–H and O–H groups in total. The first-order valence-corrected chi connectivity index (χ1v) is 13.1. The van der Waals surface area contributed by atoms with E-state index in [9.17, 15) is 4.79 Å². The number of para-hydroxylation sites is 4. The molecule has 4 aromatic rings. The number of amides is 1. The number of aryl methyl sites for hydroxylation is 4. The van der Waals surface area contributed by atoms with E-state index in [1.165, 1.54) is 5.56 Å². The molecule has 4 rings (SSSR count). The summed E-state index contributed by atoms with van der Waals surface area (Å²) >= 11 is 0. The summed E-state index contributed by atoms with van der Waals surface area (Å²) < 4.78 is 13.7. The van der Waals surface area contributed by atoms with Crippen molar-refractivity contribution >= 4 is 16.9 Å². The zero-order chi connectivity index (χ0) is 26.0. The first-order chi connectivity index (χ1) is 18.1. The van der Waals surface area contributed by atoms with Crippen molar-refractivity contribution in [2.24, 2.45) is 0 Å². The van der Waals surface area contributed by atoms with Crippen LogP contribution in [0.25, 0.3) is 11.0 Å². The molecule has 0 fully saturated rings. The highest BCUT2D eigenvalue weighted by molar-refractivity contribution is 5.95. The number of hydrogen-bond donors (Lipinski definition) is 1. The van der Waals surface area contributed by atoms with E-state index in [4.69, 9.17) is 14.5 Å². The molecule has 0 radical (unpaired) electrons. The van der Waals surface area contributed by atoms with E-state index in [1.807, 2.05) is 62.4 Å². The van der Waals surface area contributed by atoms with E-state index >= 15 is 0 Å². The molecule has 0 aliphatic carbocycles. The number of unbranched alkanes of at least 4 members (excludes halogenated alkanes) is 2. The van der Waals surface area contributed by atoms with Crippen LogP contribution in [0.4, 0.5) is 0 Å². The van der Waals surface area contributed by atoms with Gasteiger partial charge in [-0.3, -0.25) is 4.79 Å². The fourth-order valence-electron chi connectivity index (χ4n) is 4.66. The van der Waals surface area contributed by atoms with Crippen LogP contribution in [-0.2, 0) is 13.0 Å². The van der Waals surface area contributed by atoms with Crippen LogP contribution in [-0.4, -0.2) is 35.7 Å². The highest BCUT2D eigenvalue weighted by Gasteiger charge is 2.11. The van der Waals surface area contributed by atoms with E-state index in [-0.39, 0.29) is 5.91 Å². The maximum Gasteiger partial charge on any atom is 0.251 e. The third-order valence-electron chi connectivity index (χ3n) is 6.58. The van der Waals surface area contributed by atoms with E-state index in [0.717, 1.165) is 78.1 Å². The smallest absolute Gasteiger partial charge is 0.251 e. The van der Waals surface area contributed by atoms with Crippen LogP contribution in [0, 0.1) is 13.8 Å². The summed E-state index contributed by atoms with van der Waals surface area (Å²) in [6.45, 7) is 6.16. The van der Waals surface area contributed by atoms with Crippen LogP contribution in [0.1, 0.15) is 53.0 Å². The van der Waals surface area contributed by atoms with E-state index < -0.39 is 0 Å². The van der Waals surface area contributed by atoms with Gasteiger partial charge >= 0.3 is 0 Å². The second kappa shape index (κ2) is 12.9. The van der Waals surface area contributed by atoms with Gasteiger partial charge < -0.3 is 19.4 Å². The van der Waals surface area contributed by atoms with Gasteiger partial charge in [-0.25, -0.2) is 4.98 Å². The second-order valence-corrected chi connectivity index (χ2v) is 9.41. The van der Waals surface area contributed by atoms with E-state index in [1.54, 1.807) is 7.11 Å². The molecular formula is C31H37N3O3. The van der Waals surface area contributed by atoms with Crippen LogP contribution in [0.3, 0.4) is 0 Å². The maximum atomic E-state index is 12.5. The number of benzene rings is 3. The van der Waals surface area contributed by atoms with E-state index in [0.29, 0.717) is 13.2 Å². The molecule has 37 heavy (non-hydrogen) atoms. The summed E-state index contributed by atoms with van der Waals surface area (Å²) in [5.41, 5.74) is 5.14. The zero-order valence-electron chi connectivity index (χ0n) is 22.1. The highest BCUT2D eigenvalue weighted by atomic mass is 16.5. The molecule has 0 unspecified atom stereocenters. The predicted octanol–water partition coefficient (Wildman–Crippen LogP) is 6.27. The minimum atomic E-state index is 0.00892. The minimum absolute atomic E-state index is 0.00892. The Morgan fingerprint density at radius 1 is 0.919 bits per heavy atom. The number of nitrogens with zero attached hydrogens (tertiary/aromatic N) is 2. The number of imidazole rings is 1. The number of carbonyl (C=O) groups excluding carboxylic acids is 1. The zero-order valence-corrected chi connectivity index (χ0v) is 22.1. The number of nitrogens with one attached hydrogen (secondary N) is 1. The Hall–Kier alpha value is -3.80. The molecule has 6 heteroatoms. The molecule has 0 aliphatic rings. The van der Waals surface area contributed by atoms with Crippen molar-refractivity contribution in [2.45, 2.75) is 52.5 Å². The lowest BCUT2D eigenvalue weighted by Gasteiger charge is -2.12. The van der Waals surface area contributed by atoms with Gasteiger partial charge in [0.1, 0.15) is 5.82 Å². The standard InChI is InChI=1S/C31H37N3O3/c1-23-17-18-25(24(2)22-23)31(35)32-19-10-4-5-16-30-33-26-12-6-7-13-27(26)34(30)20-11-21-37-29-15-9-8-14-28(29)36-3/h6-9,12-15,17-18,22H,4-5,10-11,16,19-21H2,1-3H3,(H,32,35). The number of ether oxygens (including phenoxy) is 2. The Balaban J connectivity index is 1.25. The van der Waals surface area contributed by atoms with Gasteiger partial charge in [0.25, 0.3) is 5.91 Å². The lowest BCUT2D eigenvalue weighted by atomic mass is 10.1. The summed E-state index contributed by atoms with van der Waals surface area (Å²) in [5.74, 6) is 2.64. The Bertz CT molecular complexity index is 1330. The molecule has 1 heterocycles. The van der Waals surface area contributed by atoms with Gasteiger partial charge in [0.05, 0.1) is 24.8 Å². The average molecular weight is 500 g/mol. The van der Waals surface area contributed by atoms with Gasteiger partial charge in [0, 0.05) is 25.1 Å². The number of rotatable bonds is 13. The number of aromatic nitrogens is 2. The molecule has 0 saturated carbocycles. The third kappa shape index (κ3) is 6.91. The van der Waals surface area contributed by atoms with Crippen LogP contribution in [0.2, 0.25) is 0 Å². The van der Waals surface area contributed by atoms with E-state index in [2.05, 4.69) is 28.1 Å². The average Bonchev–Trinajstić information content (AvgIpc) is 3.26. The Morgan fingerprint density at radius 3 is 2.51 bits per heavy atom. The molecule has 0 saturated heterocycles.